The van der Waals surface area contributed by atoms with Crippen molar-refractivity contribution in [1.82, 2.24) is 9.88 Å². The number of nitrogens with one attached hydrogen (secondary N) is 1. The lowest BCUT2D eigenvalue weighted by molar-refractivity contribution is 0.0634. The molecule has 0 aliphatic carbocycles. The predicted octanol–water partition coefficient (Wildman–Crippen LogP) is 4.41. The van der Waals surface area contributed by atoms with Crippen LogP contribution < -0.4 is 5.32 Å². The number of anilines is 1. The molecule has 0 saturated carbocycles. The minimum Gasteiger partial charge on any atom is -0.444 e. The number of aromatic nitrogens is 1. The summed E-state index contributed by atoms with van der Waals surface area (Å²) in [7, 11) is 0. The molecule has 6 nitrogen and oxygen atoms in total. The van der Waals surface area contributed by atoms with Gasteiger partial charge < -0.3 is 9.64 Å². The van der Waals surface area contributed by atoms with Gasteiger partial charge >= 0.3 is 6.09 Å². The van der Waals surface area contributed by atoms with Crippen molar-refractivity contribution < 1.29 is 14.3 Å². The second kappa shape index (κ2) is 7.78. The van der Waals surface area contributed by atoms with Gasteiger partial charge in [-0.15, -0.1) is 0 Å². The van der Waals surface area contributed by atoms with Crippen molar-refractivity contribution in [3.05, 3.63) is 59.8 Å². The van der Waals surface area contributed by atoms with E-state index < -0.39 is 11.7 Å². The first-order chi connectivity index (χ1) is 12.8. The van der Waals surface area contributed by atoms with Gasteiger partial charge in [0, 0.05) is 18.3 Å². The number of benzene rings is 1. The normalized spacial score (nSPS) is 16.9. The summed E-state index contributed by atoms with van der Waals surface area (Å²) >= 11 is 0. The molecule has 1 aliphatic rings. The molecule has 27 heavy (non-hydrogen) atoms. The maximum Gasteiger partial charge on any atom is 0.413 e. The number of carbonyl (C=O) groups is 2. The Labute approximate surface area is 159 Å². The lowest BCUT2D eigenvalue weighted by atomic mass is 10.1. The minimum absolute atomic E-state index is 0.000725. The van der Waals surface area contributed by atoms with Gasteiger partial charge in [-0.3, -0.25) is 10.1 Å². The smallest absolute Gasteiger partial charge is 0.413 e. The number of rotatable bonds is 3. The Morgan fingerprint density at radius 3 is 2.52 bits per heavy atom. The largest absolute Gasteiger partial charge is 0.444 e. The molecule has 1 N–H and O–H groups in total. The maximum atomic E-state index is 12.8. The van der Waals surface area contributed by atoms with Gasteiger partial charge in [0.25, 0.3) is 5.91 Å². The molecule has 0 radical (unpaired) electrons. The highest BCUT2D eigenvalue weighted by Gasteiger charge is 2.30. The molecule has 2 heterocycles. The summed E-state index contributed by atoms with van der Waals surface area (Å²) < 4.78 is 5.23. The highest BCUT2D eigenvalue weighted by Crippen LogP contribution is 2.33. The molecular weight excluding hydrogens is 342 g/mol. The average molecular weight is 367 g/mol. The molecule has 0 spiro atoms. The van der Waals surface area contributed by atoms with Crippen molar-refractivity contribution in [3.63, 3.8) is 0 Å². The van der Waals surface area contributed by atoms with Crippen molar-refractivity contribution >= 4 is 17.8 Å². The number of ether oxygens (including phenoxy) is 1. The molecule has 1 saturated heterocycles. The van der Waals surface area contributed by atoms with Crippen LogP contribution >= 0.6 is 0 Å². The predicted molar refractivity (Wildman–Crippen MR) is 104 cm³/mol. The number of amides is 2. The summed E-state index contributed by atoms with van der Waals surface area (Å²) in [6.45, 7) is 6.15. The first-order valence-corrected chi connectivity index (χ1v) is 9.15. The highest BCUT2D eigenvalue weighted by atomic mass is 16.6. The SMILES string of the molecule is CC(C)(C)OC(=O)Nc1ccc([C@@H]2CCCN2C(=O)c2ccccc2)cn1. The zero-order valence-corrected chi connectivity index (χ0v) is 15.9. The van der Waals surface area contributed by atoms with Gasteiger partial charge in [0.2, 0.25) is 0 Å². The van der Waals surface area contributed by atoms with Crippen molar-refractivity contribution in [2.75, 3.05) is 11.9 Å². The van der Waals surface area contributed by atoms with Crippen LogP contribution in [0.15, 0.2) is 48.7 Å². The highest BCUT2D eigenvalue weighted by molar-refractivity contribution is 5.94. The molecule has 1 aliphatic heterocycles. The number of nitrogens with zero attached hydrogens (tertiary/aromatic N) is 2. The third-order valence-electron chi connectivity index (χ3n) is 4.33. The van der Waals surface area contributed by atoms with Crippen LogP contribution in [0.5, 0.6) is 0 Å². The summed E-state index contributed by atoms with van der Waals surface area (Å²) in [5.41, 5.74) is 1.10. The molecule has 6 heteroatoms. The van der Waals surface area contributed by atoms with E-state index in [9.17, 15) is 9.59 Å². The summed E-state index contributed by atoms with van der Waals surface area (Å²) in [6.07, 6.45) is 3.04. The summed E-state index contributed by atoms with van der Waals surface area (Å²) in [6, 6.07) is 13.0. The lowest BCUT2D eigenvalue weighted by Crippen LogP contribution is -2.30. The number of pyridine rings is 1. The van der Waals surface area contributed by atoms with Crippen molar-refractivity contribution in [2.45, 2.75) is 45.3 Å². The second-order valence-corrected chi connectivity index (χ2v) is 7.63. The fourth-order valence-electron chi connectivity index (χ4n) is 3.19. The van der Waals surface area contributed by atoms with Crippen LogP contribution in [0.2, 0.25) is 0 Å². The number of hydrogen-bond acceptors (Lipinski definition) is 4. The van der Waals surface area contributed by atoms with Gasteiger partial charge in [-0.25, -0.2) is 9.78 Å². The van der Waals surface area contributed by atoms with E-state index in [1.807, 2.05) is 62.1 Å². The van der Waals surface area contributed by atoms with Crippen LogP contribution in [-0.2, 0) is 4.74 Å². The molecule has 2 aromatic rings. The van der Waals surface area contributed by atoms with Gasteiger partial charge in [0.15, 0.2) is 0 Å². The number of hydrogen-bond donors (Lipinski definition) is 1. The van der Waals surface area contributed by atoms with E-state index in [0.717, 1.165) is 24.9 Å². The van der Waals surface area contributed by atoms with Gasteiger partial charge in [-0.1, -0.05) is 24.3 Å². The van der Waals surface area contributed by atoms with Crippen LogP contribution in [-0.4, -0.2) is 34.0 Å². The lowest BCUT2D eigenvalue weighted by Gasteiger charge is -2.25. The third kappa shape index (κ3) is 4.84. The standard InChI is InChI=1S/C21H25N3O3/c1-21(2,3)27-20(26)23-18-12-11-16(14-22-18)17-10-7-13-24(17)19(25)15-8-5-4-6-9-15/h4-6,8-9,11-12,14,17H,7,10,13H2,1-3H3,(H,22,23,26)/t17-/m0/s1. The van der Waals surface area contributed by atoms with Crippen molar-refractivity contribution in [1.29, 1.82) is 0 Å². The van der Waals surface area contributed by atoms with Gasteiger partial charge in [-0.2, -0.15) is 0 Å². The van der Waals surface area contributed by atoms with Crippen LogP contribution in [0.1, 0.15) is 55.6 Å². The van der Waals surface area contributed by atoms with Gasteiger partial charge in [-0.05, 0) is 57.4 Å². The van der Waals surface area contributed by atoms with E-state index in [0.29, 0.717) is 11.4 Å². The fraction of sp³-hybridized carbons (Fsp3) is 0.381. The Hall–Kier alpha value is -2.89. The van der Waals surface area contributed by atoms with Crippen molar-refractivity contribution in [2.24, 2.45) is 0 Å². The second-order valence-electron chi connectivity index (χ2n) is 7.63. The molecule has 0 unspecified atom stereocenters. The molecule has 142 valence electrons. The average Bonchev–Trinajstić information content (AvgIpc) is 3.10. The fourth-order valence-corrected chi connectivity index (χ4v) is 3.19. The number of carbonyl (C=O) groups excluding carboxylic acids is 2. The van der Waals surface area contributed by atoms with E-state index in [1.165, 1.54) is 0 Å². The Kier molecular flexibility index (Phi) is 5.44. The van der Waals surface area contributed by atoms with Gasteiger partial charge in [0.1, 0.15) is 11.4 Å². The summed E-state index contributed by atoms with van der Waals surface area (Å²) in [5, 5.41) is 2.62. The molecule has 2 amide bonds. The van der Waals surface area contributed by atoms with E-state index >= 15 is 0 Å². The summed E-state index contributed by atoms with van der Waals surface area (Å²) in [5.74, 6) is 0.459. The Bertz CT molecular complexity index is 798. The zero-order valence-electron chi connectivity index (χ0n) is 15.9. The summed E-state index contributed by atoms with van der Waals surface area (Å²) in [4.78, 5) is 30.9. The minimum atomic E-state index is -0.563. The molecule has 3 rings (SSSR count). The maximum absolute atomic E-state index is 12.8. The molecular formula is C21H25N3O3. The third-order valence-corrected chi connectivity index (χ3v) is 4.33. The number of likely N-dealkylation sites (tertiary alicyclic amines) is 1. The topological polar surface area (TPSA) is 71.5 Å². The molecule has 1 aromatic carbocycles. The van der Waals surface area contributed by atoms with Crippen LogP contribution in [0.4, 0.5) is 10.6 Å². The molecule has 0 bridgehead atoms. The Morgan fingerprint density at radius 2 is 1.89 bits per heavy atom. The first kappa shape index (κ1) is 18.9. The van der Waals surface area contributed by atoms with E-state index in [1.54, 1.807) is 12.3 Å². The van der Waals surface area contributed by atoms with Crippen molar-refractivity contribution in [3.8, 4) is 0 Å². The van der Waals surface area contributed by atoms with Crippen LogP contribution in [0.25, 0.3) is 0 Å². The van der Waals surface area contributed by atoms with Crippen LogP contribution in [0.3, 0.4) is 0 Å². The molecule has 1 fully saturated rings. The quantitative estimate of drug-likeness (QED) is 0.872. The van der Waals surface area contributed by atoms with E-state index in [-0.39, 0.29) is 11.9 Å². The zero-order chi connectivity index (χ0) is 19.4. The first-order valence-electron chi connectivity index (χ1n) is 9.15. The van der Waals surface area contributed by atoms with E-state index in [4.69, 9.17) is 4.74 Å². The monoisotopic (exact) mass is 367 g/mol. The van der Waals surface area contributed by atoms with E-state index in [2.05, 4.69) is 10.3 Å². The Balaban J connectivity index is 1.69. The van der Waals surface area contributed by atoms with Gasteiger partial charge in [0.05, 0.1) is 6.04 Å². The Morgan fingerprint density at radius 1 is 1.15 bits per heavy atom. The van der Waals surface area contributed by atoms with Crippen LogP contribution in [0, 0.1) is 0 Å². The molecule has 1 aromatic heterocycles. The molecule has 1 atom stereocenters.